The van der Waals surface area contributed by atoms with Crippen LogP contribution in [0, 0.1) is 17.0 Å². The molecule has 29 heavy (non-hydrogen) atoms. The van der Waals surface area contributed by atoms with Crippen molar-refractivity contribution in [1.29, 1.82) is 0 Å². The molecule has 150 valence electrons. The molecule has 0 unspecified atom stereocenters. The summed E-state index contributed by atoms with van der Waals surface area (Å²) >= 11 is 5.17. The Bertz CT molecular complexity index is 1160. The first-order valence-corrected chi connectivity index (χ1v) is 10.0. The zero-order valence-electron chi connectivity index (χ0n) is 14.9. The highest BCUT2D eigenvalue weighted by Gasteiger charge is 2.17. The van der Waals surface area contributed by atoms with E-state index in [1.807, 2.05) is 0 Å². The lowest BCUT2D eigenvalue weighted by Gasteiger charge is -2.11. The van der Waals surface area contributed by atoms with Gasteiger partial charge in [-0.05, 0) is 49.5 Å². The molecule has 0 aliphatic rings. The molecule has 0 spiro atoms. The number of anilines is 3. The first kappa shape index (κ1) is 20.2. The minimum absolute atomic E-state index is 0.0151. The number of hydrogen-bond acceptors (Lipinski definition) is 7. The lowest BCUT2D eigenvalue weighted by Crippen LogP contribution is -2.20. The molecular weight excluding hydrogens is 418 g/mol. The van der Waals surface area contributed by atoms with Crippen molar-refractivity contribution in [2.24, 2.45) is 0 Å². The number of rotatable bonds is 6. The topological polar surface area (TPSA) is 139 Å². The molecule has 0 saturated heterocycles. The molecule has 2 aromatic carbocycles. The Hall–Kier alpha value is -3.51. The van der Waals surface area contributed by atoms with E-state index < -0.39 is 14.9 Å². The lowest BCUT2D eigenvalue weighted by atomic mass is 10.3. The van der Waals surface area contributed by atoms with Gasteiger partial charge in [-0.1, -0.05) is 17.3 Å². The van der Waals surface area contributed by atoms with Crippen molar-refractivity contribution in [2.75, 3.05) is 15.4 Å². The summed E-state index contributed by atoms with van der Waals surface area (Å²) in [6.07, 6.45) is 0. The number of nitro groups is 1. The number of nitrogens with one attached hydrogen (secondary N) is 3. The minimum atomic E-state index is -3.83. The van der Waals surface area contributed by atoms with Crippen LogP contribution in [0.3, 0.4) is 0 Å². The predicted molar refractivity (Wildman–Crippen MR) is 111 cm³/mol. The second kappa shape index (κ2) is 8.24. The Kier molecular flexibility index (Phi) is 5.75. The quantitative estimate of drug-likeness (QED) is 0.303. The SMILES string of the molecule is Cc1cc(NS(=O)(=O)c2ccc(NC(=S)Nc3ccccc3[N+](=O)[O-])cc2)no1. The highest BCUT2D eigenvalue weighted by atomic mass is 32.2. The van der Waals surface area contributed by atoms with E-state index in [1.54, 1.807) is 19.1 Å². The van der Waals surface area contributed by atoms with E-state index in [0.29, 0.717) is 11.4 Å². The van der Waals surface area contributed by atoms with Crippen LogP contribution >= 0.6 is 12.2 Å². The zero-order chi connectivity index (χ0) is 21.0. The van der Waals surface area contributed by atoms with Crippen LogP contribution in [0.15, 0.2) is 64.0 Å². The fourth-order valence-electron chi connectivity index (χ4n) is 2.35. The molecule has 3 rings (SSSR count). The van der Waals surface area contributed by atoms with Crippen LogP contribution in [0.1, 0.15) is 5.76 Å². The summed E-state index contributed by atoms with van der Waals surface area (Å²) in [7, 11) is -3.83. The van der Waals surface area contributed by atoms with E-state index in [2.05, 4.69) is 20.5 Å². The molecule has 1 heterocycles. The zero-order valence-corrected chi connectivity index (χ0v) is 16.6. The maximum Gasteiger partial charge on any atom is 0.292 e. The highest BCUT2D eigenvalue weighted by Crippen LogP contribution is 2.24. The summed E-state index contributed by atoms with van der Waals surface area (Å²) in [6, 6.07) is 13.3. The van der Waals surface area contributed by atoms with Gasteiger partial charge < -0.3 is 15.2 Å². The van der Waals surface area contributed by atoms with E-state index in [1.165, 1.54) is 42.5 Å². The van der Waals surface area contributed by atoms with Gasteiger partial charge in [-0.2, -0.15) is 0 Å². The Balaban J connectivity index is 1.67. The minimum Gasteiger partial charge on any atom is -0.360 e. The third-order valence-corrected chi connectivity index (χ3v) is 5.21. The average molecular weight is 433 g/mol. The van der Waals surface area contributed by atoms with Crippen LogP contribution < -0.4 is 15.4 Å². The van der Waals surface area contributed by atoms with Crippen molar-refractivity contribution >= 4 is 50.2 Å². The molecular formula is C17H15N5O5S2. The Morgan fingerprint density at radius 3 is 2.45 bits per heavy atom. The fraction of sp³-hybridized carbons (Fsp3) is 0.0588. The van der Waals surface area contributed by atoms with Gasteiger partial charge in [0.1, 0.15) is 11.4 Å². The third-order valence-electron chi connectivity index (χ3n) is 3.64. The highest BCUT2D eigenvalue weighted by molar-refractivity contribution is 7.92. The van der Waals surface area contributed by atoms with E-state index in [-0.39, 0.29) is 27.2 Å². The summed E-state index contributed by atoms with van der Waals surface area (Å²) in [5.74, 6) is 0.557. The largest absolute Gasteiger partial charge is 0.360 e. The lowest BCUT2D eigenvalue weighted by molar-refractivity contribution is -0.383. The Labute approximate surface area is 171 Å². The van der Waals surface area contributed by atoms with Crippen molar-refractivity contribution < 1.29 is 17.9 Å². The number of nitro benzene ring substituents is 1. The van der Waals surface area contributed by atoms with Crippen molar-refractivity contribution in [2.45, 2.75) is 11.8 Å². The molecule has 0 radical (unpaired) electrons. The van der Waals surface area contributed by atoms with Gasteiger partial charge in [-0.3, -0.25) is 14.8 Å². The van der Waals surface area contributed by atoms with Crippen LogP contribution in [0.2, 0.25) is 0 Å². The molecule has 0 bridgehead atoms. The molecule has 0 amide bonds. The molecule has 3 aromatic rings. The molecule has 0 atom stereocenters. The summed E-state index contributed by atoms with van der Waals surface area (Å²) in [5, 5.41) is 20.4. The van der Waals surface area contributed by atoms with Crippen LogP contribution in [0.25, 0.3) is 0 Å². The fourth-order valence-corrected chi connectivity index (χ4v) is 3.56. The summed E-state index contributed by atoms with van der Waals surface area (Å²) in [4.78, 5) is 10.5. The standard InChI is InChI=1S/C17H15N5O5S2/c1-11-10-16(20-27-11)21-29(25,26)13-8-6-12(7-9-13)18-17(28)19-14-4-2-3-5-15(14)22(23)24/h2-10H,1H3,(H,20,21)(H2,18,19,28). The molecule has 1 aromatic heterocycles. The molecule has 0 aliphatic heterocycles. The number of benzene rings is 2. The number of hydrogen-bond donors (Lipinski definition) is 3. The smallest absolute Gasteiger partial charge is 0.292 e. The maximum absolute atomic E-state index is 12.4. The van der Waals surface area contributed by atoms with Gasteiger partial charge >= 0.3 is 0 Å². The van der Waals surface area contributed by atoms with E-state index in [0.717, 1.165) is 0 Å². The number of nitrogens with zero attached hydrogens (tertiary/aromatic N) is 2. The average Bonchev–Trinajstić information content (AvgIpc) is 3.06. The van der Waals surface area contributed by atoms with Crippen LogP contribution in [-0.4, -0.2) is 23.6 Å². The normalized spacial score (nSPS) is 10.9. The third kappa shape index (κ3) is 5.06. The monoisotopic (exact) mass is 433 g/mol. The first-order chi connectivity index (χ1) is 13.7. The van der Waals surface area contributed by atoms with Crippen molar-refractivity contribution in [1.82, 2.24) is 5.16 Å². The number of aryl methyl sites for hydroxylation is 1. The van der Waals surface area contributed by atoms with Crippen LogP contribution in [0.5, 0.6) is 0 Å². The molecule has 0 aliphatic carbocycles. The predicted octanol–water partition coefficient (Wildman–Crippen LogP) is 3.50. The maximum atomic E-state index is 12.4. The number of thiocarbonyl (C=S) groups is 1. The summed E-state index contributed by atoms with van der Waals surface area (Å²) in [5.41, 5.74) is 0.617. The molecule has 12 heteroatoms. The number of aromatic nitrogens is 1. The van der Waals surface area contributed by atoms with E-state index in [9.17, 15) is 18.5 Å². The number of para-hydroxylation sites is 2. The van der Waals surface area contributed by atoms with E-state index in [4.69, 9.17) is 16.7 Å². The van der Waals surface area contributed by atoms with Crippen molar-refractivity contribution in [3.8, 4) is 0 Å². The molecule has 0 saturated carbocycles. The molecule has 10 nitrogen and oxygen atoms in total. The van der Waals surface area contributed by atoms with Gasteiger partial charge in [-0.25, -0.2) is 8.42 Å². The second-order valence-corrected chi connectivity index (χ2v) is 7.90. The summed E-state index contributed by atoms with van der Waals surface area (Å²) < 4.78 is 31.9. The van der Waals surface area contributed by atoms with Crippen molar-refractivity contribution in [3.63, 3.8) is 0 Å². The van der Waals surface area contributed by atoms with Crippen molar-refractivity contribution in [3.05, 3.63) is 70.5 Å². The van der Waals surface area contributed by atoms with Gasteiger partial charge in [0.15, 0.2) is 10.9 Å². The molecule has 3 N–H and O–H groups in total. The van der Waals surface area contributed by atoms with Gasteiger partial charge in [0.2, 0.25) is 0 Å². The Morgan fingerprint density at radius 1 is 1.14 bits per heavy atom. The van der Waals surface area contributed by atoms with Crippen LogP contribution in [-0.2, 0) is 10.0 Å². The number of sulfonamides is 1. The van der Waals surface area contributed by atoms with Gasteiger partial charge in [0.05, 0.1) is 9.82 Å². The Morgan fingerprint density at radius 2 is 1.83 bits per heavy atom. The van der Waals surface area contributed by atoms with Crippen LogP contribution in [0.4, 0.5) is 22.9 Å². The van der Waals surface area contributed by atoms with E-state index >= 15 is 0 Å². The van der Waals surface area contributed by atoms with Gasteiger partial charge in [0, 0.05) is 17.8 Å². The second-order valence-electron chi connectivity index (χ2n) is 5.81. The summed E-state index contributed by atoms with van der Waals surface area (Å²) in [6.45, 7) is 1.65. The van der Waals surface area contributed by atoms with Gasteiger partial charge in [0.25, 0.3) is 15.7 Å². The first-order valence-electron chi connectivity index (χ1n) is 8.12. The molecule has 0 fully saturated rings. The van der Waals surface area contributed by atoms with Gasteiger partial charge in [-0.15, -0.1) is 0 Å².